The Labute approximate surface area is 122 Å². The summed E-state index contributed by atoms with van der Waals surface area (Å²) in [5.74, 6) is 2.66. The zero-order valence-electron chi connectivity index (χ0n) is 12.7. The second-order valence-electron chi connectivity index (χ2n) is 5.53. The zero-order chi connectivity index (χ0) is 14.2. The molecule has 1 fully saturated rings. The van der Waals surface area contributed by atoms with Gasteiger partial charge in [0.15, 0.2) is 0 Å². The quantitative estimate of drug-likeness (QED) is 0.708. The van der Waals surface area contributed by atoms with Crippen molar-refractivity contribution in [2.75, 3.05) is 19.8 Å². The summed E-state index contributed by atoms with van der Waals surface area (Å²) in [6, 6.07) is 8.46. The van der Waals surface area contributed by atoms with Crippen LogP contribution >= 0.6 is 0 Å². The summed E-state index contributed by atoms with van der Waals surface area (Å²) < 4.78 is 11.5. The van der Waals surface area contributed by atoms with Gasteiger partial charge in [-0.1, -0.05) is 13.8 Å². The third-order valence-electron chi connectivity index (χ3n) is 3.57. The van der Waals surface area contributed by atoms with E-state index in [0.29, 0.717) is 6.04 Å². The lowest BCUT2D eigenvalue weighted by molar-refractivity contribution is 0.248. The van der Waals surface area contributed by atoms with Crippen LogP contribution in [-0.2, 0) is 0 Å². The Morgan fingerprint density at radius 2 is 1.70 bits per heavy atom. The second kappa shape index (κ2) is 8.15. The highest BCUT2D eigenvalue weighted by molar-refractivity contribution is 5.31. The molecule has 0 heterocycles. The third kappa shape index (κ3) is 5.04. The third-order valence-corrected chi connectivity index (χ3v) is 3.57. The molecule has 1 aromatic carbocycles. The highest BCUT2D eigenvalue weighted by atomic mass is 16.5. The minimum absolute atomic E-state index is 0.506. The van der Waals surface area contributed by atoms with E-state index in [1.165, 1.54) is 19.3 Å². The van der Waals surface area contributed by atoms with Crippen molar-refractivity contribution in [1.29, 1.82) is 0 Å². The topological polar surface area (TPSA) is 30.5 Å². The Balaban J connectivity index is 1.76. The van der Waals surface area contributed by atoms with Crippen LogP contribution in [0, 0.1) is 5.92 Å². The van der Waals surface area contributed by atoms with E-state index in [1.807, 2.05) is 24.3 Å². The van der Waals surface area contributed by atoms with Crippen LogP contribution in [0.5, 0.6) is 11.5 Å². The Morgan fingerprint density at radius 1 is 1.05 bits per heavy atom. The Kier molecular flexibility index (Phi) is 6.19. The number of benzene rings is 1. The van der Waals surface area contributed by atoms with E-state index in [1.54, 1.807) is 0 Å². The molecule has 1 aliphatic carbocycles. The van der Waals surface area contributed by atoms with Crippen LogP contribution in [0.15, 0.2) is 24.3 Å². The summed E-state index contributed by atoms with van der Waals surface area (Å²) in [5.41, 5.74) is 0. The molecule has 0 aromatic heterocycles. The minimum Gasteiger partial charge on any atom is -0.494 e. The molecule has 20 heavy (non-hydrogen) atoms. The SMILES string of the molecule is CCCNC(COc1ccc(OCCC)cc1)C1CC1. The van der Waals surface area contributed by atoms with Crippen molar-refractivity contribution in [2.45, 2.75) is 45.6 Å². The van der Waals surface area contributed by atoms with Gasteiger partial charge in [-0.2, -0.15) is 0 Å². The van der Waals surface area contributed by atoms with Gasteiger partial charge in [-0.3, -0.25) is 0 Å². The molecule has 0 amide bonds. The molecular weight excluding hydrogens is 250 g/mol. The fourth-order valence-corrected chi connectivity index (χ4v) is 2.23. The zero-order valence-corrected chi connectivity index (χ0v) is 12.7. The molecule has 112 valence electrons. The molecule has 1 saturated carbocycles. The monoisotopic (exact) mass is 277 g/mol. The van der Waals surface area contributed by atoms with Crippen LogP contribution in [0.4, 0.5) is 0 Å². The molecule has 0 radical (unpaired) electrons. The minimum atomic E-state index is 0.506. The fraction of sp³-hybridized carbons (Fsp3) is 0.647. The van der Waals surface area contributed by atoms with E-state index in [4.69, 9.17) is 9.47 Å². The lowest BCUT2D eigenvalue weighted by Crippen LogP contribution is -2.37. The first-order chi connectivity index (χ1) is 9.83. The van der Waals surface area contributed by atoms with Crippen molar-refractivity contribution >= 4 is 0 Å². The van der Waals surface area contributed by atoms with E-state index in [-0.39, 0.29) is 0 Å². The molecule has 1 aromatic rings. The predicted octanol–water partition coefficient (Wildman–Crippen LogP) is 3.63. The summed E-state index contributed by atoms with van der Waals surface area (Å²) in [7, 11) is 0. The maximum absolute atomic E-state index is 5.91. The molecule has 3 heteroatoms. The molecule has 2 rings (SSSR count). The Hall–Kier alpha value is -1.22. The molecule has 1 unspecified atom stereocenters. The first kappa shape index (κ1) is 15.2. The number of hydrogen-bond acceptors (Lipinski definition) is 3. The van der Waals surface area contributed by atoms with E-state index >= 15 is 0 Å². The second-order valence-corrected chi connectivity index (χ2v) is 5.53. The van der Waals surface area contributed by atoms with E-state index in [9.17, 15) is 0 Å². The molecule has 0 spiro atoms. The average Bonchev–Trinajstić information content (AvgIpc) is 3.31. The van der Waals surface area contributed by atoms with Gasteiger partial charge in [0.2, 0.25) is 0 Å². The standard InChI is InChI=1S/C17H27NO2/c1-3-11-18-17(14-5-6-14)13-20-16-9-7-15(8-10-16)19-12-4-2/h7-10,14,17-18H,3-6,11-13H2,1-2H3. The number of hydrogen-bond donors (Lipinski definition) is 1. The Morgan fingerprint density at radius 3 is 2.25 bits per heavy atom. The van der Waals surface area contributed by atoms with Crippen LogP contribution in [0.2, 0.25) is 0 Å². The maximum atomic E-state index is 5.91. The van der Waals surface area contributed by atoms with Crippen LogP contribution < -0.4 is 14.8 Å². The summed E-state index contributed by atoms with van der Waals surface area (Å²) in [6.07, 6.45) is 4.89. The smallest absolute Gasteiger partial charge is 0.119 e. The number of nitrogens with one attached hydrogen (secondary N) is 1. The number of ether oxygens (including phenoxy) is 2. The largest absolute Gasteiger partial charge is 0.494 e. The summed E-state index contributed by atoms with van der Waals surface area (Å²) in [5, 5.41) is 3.59. The van der Waals surface area contributed by atoms with Gasteiger partial charge < -0.3 is 14.8 Å². The van der Waals surface area contributed by atoms with Gasteiger partial charge in [-0.05, 0) is 62.4 Å². The van der Waals surface area contributed by atoms with Crippen LogP contribution in [0.1, 0.15) is 39.5 Å². The van der Waals surface area contributed by atoms with E-state index in [2.05, 4.69) is 19.2 Å². The normalized spacial score (nSPS) is 15.9. The first-order valence-electron chi connectivity index (χ1n) is 7.92. The van der Waals surface area contributed by atoms with Crippen molar-refractivity contribution in [1.82, 2.24) is 5.32 Å². The molecule has 0 bridgehead atoms. The van der Waals surface area contributed by atoms with Gasteiger partial charge in [0.25, 0.3) is 0 Å². The molecule has 0 saturated heterocycles. The van der Waals surface area contributed by atoms with Crippen LogP contribution in [0.3, 0.4) is 0 Å². The van der Waals surface area contributed by atoms with Crippen molar-refractivity contribution < 1.29 is 9.47 Å². The van der Waals surface area contributed by atoms with Crippen molar-refractivity contribution in [2.24, 2.45) is 5.92 Å². The van der Waals surface area contributed by atoms with Gasteiger partial charge in [0.05, 0.1) is 6.61 Å². The van der Waals surface area contributed by atoms with Crippen LogP contribution in [0.25, 0.3) is 0 Å². The summed E-state index contributed by atoms with van der Waals surface area (Å²) in [6.45, 7) is 6.92. The Bertz CT molecular complexity index is 373. The van der Waals surface area contributed by atoms with Gasteiger partial charge in [0, 0.05) is 6.04 Å². The highest BCUT2D eigenvalue weighted by Crippen LogP contribution is 2.33. The number of rotatable bonds is 10. The first-order valence-corrected chi connectivity index (χ1v) is 7.92. The molecule has 3 nitrogen and oxygen atoms in total. The average molecular weight is 277 g/mol. The fourth-order valence-electron chi connectivity index (χ4n) is 2.23. The van der Waals surface area contributed by atoms with Crippen molar-refractivity contribution in [3.05, 3.63) is 24.3 Å². The maximum Gasteiger partial charge on any atom is 0.119 e. The lowest BCUT2D eigenvalue weighted by Gasteiger charge is -2.18. The summed E-state index contributed by atoms with van der Waals surface area (Å²) >= 11 is 0. The van der Waals surface area contributed by atoms with Crippen LogP contribution in [-0.4, -0.2) is 25.8 Å². The van der Waals surface area contributed by atoms with Gasteiger partial charge >= 0.3 is 0 Å². The van der Waals surface area contributed by atoms with E-state index < -0.39 is 0 Å². The van der Waals surface area contributed by atoms with Crippen molar-refractivity contribution in [3.8, 4) is 11.5 Å². The van der Waals surface area contributed by atoms with Gasteiger partial charge in [0.1, 0.15) is 18.1 Å². The molecular formula is C17H27NO2. The van der Waals surface area contributed by atoms with Crippen molar-refractivity contribution in [3.63, 3.8) is 0 Å². The van der Waals surface area contributed by atoms with Gasteiger partial charge in [-0.25, -0.2) is 0 Å². The predicted molar refractivity (Wildman–Crippen MR) is 82.5 cm³/mol. The lowest BCUT2D eigenvalue weighted by atomic mass is 10.2. The highest BCUT2D eigenvalue weighted by Gasteiger charge is 2.31. The van der Waals surface area contributed by atoms with E-state index in [0.717, 1.165) is 43.6 Å². The molecule has 1 aliphatic rings. The molecule has 0 aliphatic heterocycles. The van der Waals surface area contributed by atoms with Gasteiger partial charge in [-0.15, -0.1) is 0 Å². The summed E-state index contributed by atoms with van der Waals surface area (Å²) in [4.78, 5) is 0. The molecule has 1 atom stereocenters. The molecule has 1 N–H and O–H groups in total.